The average Bonchev–Trinajstić information content (AvgIpc) is 2.59. The Morgan fingerprint density at radius 2 is 2.00 bits per heavy atom. The molecule has 2 amide bonds. The van der Waals surface area contributed by atoms with Gasteiger partial charge in [-0.25, -0.2) is 0 Å². The molecule has 0 bridgehead atoms. The molecule has 0 aromatic heterocycles. The molecule has 0 radical (unpaired) electrons. The van der Waals surface area contributed by atoms with Crippen LogP contribution in [0.25, 0.3) is 0 Å². The number of nitrogens with zero attached hydrogens (tertiary/aromatic N) is 3. The SMILES string of the molecule is CN(C)C(=O)CNC(=O)c1cc(N2CCOCC2)ccc1[N+](=O)[O-]. The minimum Gasteiger partial charge on any atom is -0.378 e. The Bertz CT molecular complexity index is 641. The highest BCUT2D eigenvalue weighted by Crippen LogP contribution is 2.25. The third-order valence-electron chi connectivity index (χ3n) is 3.70. The van der Waals surface area contributed by atoms with Gasteiger partial charge < -0.3 is 19.9 Å². The number of morpholine rings is 1. The Kier molecular flexibility index (Phi) is 5.69. The molecule has 1 fully saturated rings. The zero-order valence-electron chi connectivity index (χ0n) is 13.7. The second-order valence-electron chi connectivity index (χ2n) is 5.53. The van der Waals surface area contributed by atoms with Crippen LogP contribution in [-0.2, 0) is 9.53 Å². The van der Waals surface area contributed by atoms with Crippen molar-refractivity contribution in [1.29, 1.82) is 0 Å². The molecule has 0 saturated carbocycles. The highest BCUT2D eigenvalue weighted by Gasteiger charge is 2.23. The summed E-state index contributed by atoms with van der Waals surface area (Å²) in [6.45, 7) is 2.21. The zero-order valence-corrected chi connectivity index (χ0v) is 13.7. The molecule has 9 heteroatoms. The first-order valence-corrected chi connectivity index (χ1v) is 7.49. The van der Waals surface area contributed by atoms with Crippen LogP contribution in [-0.4, -0.2) is 68.6 Å². The Morgan fingerprint density at radius 3 is 2.58 bits per heavy atom. The fraction of sp³-hybridized carbons (Fsp3) is 0.467. The number of hydrogen-bond donors (Lipinski definition) is 1. The molecule has 1 saturated heterocycles. The molecule has 1 aliphatic heterocycles. The van der Waals surface area contributed by atoms with Crippen molar-refractivity contribution < 1.29 is 19.2 Å². The van der Waals surface area contributed by atoms with Crippen molar-refractivity contribution in [3.05, 3.63) is 33.9 Å². The van der Waals surface area contributed by atoms with Gasteiger partial charge in [0.25, 0.3) is 11.6 Å². The lowest BCUT2D eigenvalue weighted by Crippen LogP contribution is -2.37. The maximum atomic E-state index is 12.3. The van der Waals surface area contributed by atoms with Gasteiger partial charge in [-0.2, -0.15) is 0 Å². The van der Waals surface area contributed by atoms with Gasteiger partial charge >= 0.3 is 0 Å². The van der Waals surface area contributed by atoms with Crippen molar-refractivity contribution in [3.8, 4) is 0 Å². The molecule has 0 aliphatic carbocycles. The van der Waals surface area contributed by atoms with Crippen molar-refractivity contribution in [3.63, 3.8) is 0 Å². The monoisotopic (exact) mass is 336 g/mol. The summed E-state index contributed by atoms with van der Waals surface area (Å²) in [6, 6.07) is 4.41. The Balaban J connectivity index is 2.22. The molecule has 0 unspecified atom stereocenters. The number of carbonyl (C=O) groups is 2. The lowest BCUT2D eigenvalue weighted by Gasteiger charge is -2.29. The fourth-order valence-corrected chi connectivity index (χ4v) is 2.29. The smallest absolute Gasteiger partial charge is 0.282 e. The minimum absolute atomic E-state index is 0.0597. The predicted octanol–water partition coefficient (Wildman–Crippen LogP) is 0.249. The summed E-state index contributed by atoms with van der Waals surface area (Å²) in [5.74, 6) is -0.942. The first-order valence-electron chi connectivity index (χ1n) is 7.49. The van der Waals surface area contributed by atoms with Crippen LogP contribution >= 0.6 is 0 Å². The molecule has 2 rings (SSSR count). The van der Waals surface area contributed by atoms with Gasteiger partial charge in [0.2, 0.25) is 5.91 Å². The first kappa shape index (κ1) is 17.7. The Morgan fingerprint density at radius 1 is 1.33 bits per heavy atom. The van der Waals surface area contributed by atoms with Crippen molar-refractivity contribution >= 4 is 23.2 Å². The summed E-state index contributed by atoms with van der Waals surface area (Å²) in [5.41, 5.74) is 0.366. The van der Waals surface area contributed by atoms with E-state index < -0.39 is 10.8 Å². The second-order valence-corrected chi connectivity index (χ2v) is 5.53. The van der Waals surface area contributed by atoms with Crippen LogP contribution in [0.15, 0.2) is 18.2 Å². The van der Waals surface area contributed by atoms with E-state index in [1.165, 1.54) is 17.0 Å². The number of anilines is 1. The van der Waals surface area contributed by atoms with Crippen LogP contribution in [0.4, 0.5) is 11.4 Å². The highest BCUT2D eigenvalue weighted by atomic mass is 16.6. The number of likely N-dealkylation sites (N-methyl/N-ethyl adjacent to an activating group) is 1. The number of rotatable bonds is 5. The van der Waals surface area contributed by atoms with E-state index in [0.717, 1.165) is 0 Å². The largest absolute Gasteiger partial charge is 0.378 e. The maximum Gasteiger partial charge on any atom is 0.282 e. The zero-order chi connectivity index (χ0) is 17.7. The van der Waals surface area contributed by atoms with E-state index in [4.69, 9.17) is 4.74 Å². The van der Waals surface area contributed by atoms with Crippen molar-refractivity contribution in [2.75, 3.05) is 51.8 Å². The lowest BCUT2D eigenvalue weighted by molar-refractivity contribution is -0.385. The van der Waals surface area contributed by atoms with E-state index in [2.05, 4.69) is 5.32 Å². The molecule has 130 valence electrons. The summed E-state index contributed by atoms with van der Waals surface area (Å²) in [7, 11) is 3.13. The van der Waals surface area contributed by atoms with E-state index in [1.54, 1.807) is 20.2 Å². The third kappa shape index (κ3) is 4.19. The molecule has 1 aromatic carbocycles. The predicted molar refractivity (Wildman–Crippen MR) is 87.2 cm³/mol. The first-order chi connectivity index (χ1) is 11.4. The van der Waals surface area contributed by atoms with Crippen LogP contribution in [0.5, 0.6) is 0 Å². The molecular formula is C15H20N4O5. The quantitative estimate of drug-likeness (QED) is 0.610. The standard InChI is InChI=1S/C15H20N4O5/c1-17(2)14(20)10-16-15(21)12-9-11(3-4-13(12)19(22)23)18-5-7-24-8-6-18/h3-4,9H,5-8,10H2,1-2H3,(H,16,21). The topological polar surface area (TPSA) is 105 Å². The Hall–Kier alpha value is -2.68. The van der Waals surface area contributed by atoms with Crippen LogP contribution in [0.3, 0.4) is 0 Å². The average molecular weight is 336 g/mol. The normalized spacial score (nSPS) is 14.2. The number of nitrogens with one attached hydrogen (secondary N) is 1. The van der Waals surface area contributed by atoms with Crippen LogP contribution in [0.1, 0.15) is 10.4 Å². The fourth-order valence-electron chi connectivity index (χ4n) is 2.29. The van der Waals surface area contributed by atoms with Gasteiger partial charge in [0.15, 0.2) is 0 Å². The van der Waals surface area contributed by atoms with Gasteiger partial charge in [-0.3, -0.25) is 19.7 Å². The lowest BCUT2D eigenvalue weighted by atomic mass is 10.1. The number of amides is 2. The van der Waals surface area contributed by atoms with E-state index in [-0.39, 0.29) is 23.7 Å². The third-order valence-corrected chi connectivity index (χ3v) is 3.70. The van der Waals surface area contributed by atoms with Crippen LogP contribution < -0.4 is 10.2 Å². The summed E-state index contributed by atoms with van der Waals surface area (Å²) in [4.78, 5) is 37.8. The number of carbonyl (C=O) groups excluding carboxylic acids is 2. The van der Waals surface area contributed by atoms with Crippen LogP contribution in [0.2, 0.25) is 0 Å². The van der Waals surface area contributed by atoms with E-state index in [0.29, 0.717) is 32.0 Å². The van der Waals surface area contributed by atoms with Gasteiger partial charge in [0, 0.05) is 38.9 Å². The van der Waals surface area contributed by atoms with E-state index in [9.17, 15) is 19.7 Å². The molecule has 1 aliphatic rings. The van der Waals surface area contributed by atoms with Gasteiger partial charge in [-0.05, 0) is 12.1 Å². The maximum absolute atomic E-state index is 12.3. The van der Waals surface area contributed by atoms with Crippen molar-refractivity contribution in [2.24, 2.45) is 0 Å². The second kappa shape index (κ2) is 7.73. The molecule has 0 spiro atoms. The summed E-state index contributed by atoms with van der Waals surface area (Å²) < 4.78 is 5.28. The molecule has 24 heavy (non-hydrogen) atoms. The van der Waals surface area contributed by atoms with E-state index in [1.807, 2.05) is 4.90 Å². The van der Waals surface area contributed by atoms with E-state index >= 15 is 0 Å². The number of benzene rings is 1. The molecule has 1 aromatic rings. The van der Waals surface area contributed by atoms with Crippen molar-refractivity contribution in [1.82, 2.24) is 10.2 Å². The molecule has 0 atom stereocenters. The van der Waals surface area contributed by atoms with Crippen LogP contribution in [0, 0.1) is 10.1 Å². The molecular weight excluding hydrogens is 316 g/mol. The molecule has 9 nitrogen and oxygen atoms in total. The van der Waals surface area contributed by atoms with Gasteiger partial charge in [0.1, 0.15) is 5.56 Å². The number of nitro groups is 1. The summed E-state index contributed by atoms with van der Waals surface area (Å²) in [5, 5.41) is 13.6. The number of ether oxygens (including phenoxy) is 1. The molecule has 1 N–H and O–H groups in total. The van der Waals surface area contributed by atoms with Gasteiger partial charge in [-0.1, -0.05) is 0 Å². The highest BCUT2D eigenvalue weighted by molar-refractivity contribution is 6.00. The minimum atomic E-state index is -0.646. The summed E-state index contributed by atoms with van der Waals surface area (Å²) >= 11 is 0. The van der Waals surface area contributed by atoms with Gasteiger partial charge in [-0.15, -0.1) is 0 Å². The van der Waals surface area contributed by atoms with Gasteiger partial charge in [0.05, 0.1) is 24.7 Å². The number of hydrogen-bond acceptors (Lipinski definition) is 6. The summed E-state index contributed by atoms with van der Waals surface area (Å²) in [6.07, 6.45) is 0. The molecule has 1 heterocycles. The Labute approximate surface area is 139 Å². The van der Waals surface area contributed by atoms with Crippen molar-refractivity contribution in [2.45, 2.75) is 0 Å². The number of nitro benzene ring substituents is 1.